The monoisotopic (exact) mass is 185 g/mol. The molecule has 0 aliphatic carbocycles. The first kappa shape index (κ1) is 9.40. The molecule has 0 aromatic rings. The molecule has 0 amide bonds. The number of aliphatic hydroxyl groups is 1. The summed E-state index contributed by atoms with van der Waals surface area (Å²) in [5.74, 6) is 0. The lowest BCUT2D eigenvalue weighted by atomic mass is 10.1. The van der Waals surface area contributed by atoms with Crippen LogP contribution in [-0.2, 0) is 0 Å². The van der Waals surface area contributed by atoms with Crippen LogP contribution in [0.3, 0.4) is 0 Å². The molecule has 2 heterocycles. The quantitative estimate of drug-likeness (QED) is 0.565. The van der Waals surface area contributed by atoms with Crippen molar-refractivity contribution in [3.63, 3.8) is 0 Å². The van der Waals surface area contributed by atoms with Crippen molar-refractivity contribution < 1.29 is 5.11 Å². The van der Waals surface area contributed by atoms with Crippen LogP contribution in [0.5, 0.6) is 0 Å². The molecular formula is C9H19N3O. The van der Waals surface area contributed by atoms with Gasteiger partial charge in [-0.25, -0.2) is 0 Å². The second-order valence-electron chi connectivity index (χ2n) is 3.91. The Morgan fingerprint density at radius 2 is 1.85 bits per heavy atom. The van der Waals surface area contributed by atoms with Crippen LogP contribution in [-0.4, -0.2) is 73.4 Å². The fraction of sp³-hybridized carbons (Fsp3) is 1.00. The van der Waals surface area contributed by atoms with Gasteiger partial charge in [-0.3, -0.25) is 9.80 Å². The zero-order chi connectivity index (χ0) is 9.10. The van der Waals surface area contributed by atoms with E-state index >= 15 is 0 Å². The Bertz CT molecular complexity index is 153. The molecule has 0 radical (unpaired) electrons. The van der Waals surface area contributed by atoms with Gasteiger partial charge in [0.25, 0.3) is 0 Å². The summed E-state index contributed by atoms with van der Waals surface area (Å²) < 4.78 is 0. The van der Waals surface area contributed by atoms with E-state index in [4.69, 9.17) is 5.11 Å². The van der Waals surface area contributed by atoms with Crippen LogP contribution in [0.1, 0.15) is 0 Å². The molecule has 2 aliphatic rings. The maximum absolute atomic E-state index is 8.79. The zero-order valence-electron chi connectivity index (χ0n) is 8.08. The highest BCUT2D eigenvalue weighted by Crippen LogP contribution is 2.08. The number of hydrogen-bond acceptors (Lipinski definition) is 4. The number of hydrogen-bond donors (Lipinski definition) is 2. The van der Waals surface area contributed by atoms with E-state index in [1.54, 1.807) is 0 Å². The van der Waals surface area contributed by atoms with E-state index in [1.165, 1.54) is 26.2 Å². The number of rotatable bonds is 3. The molecule has 0 saturated carbocycles. The van der Waals surface area contributed by atoms with Crippen LogP contribution >= 0.6 is 0 Å². The minimum atomic E-state index is 0.297. The Balaban J connectivity index is 1.69. The Labute approximate surface area is 79.5 Å². The van der Waals surface area contributed by atoms with E-state index in [0.717, 1.165) is 25.7 Å². The molecule has 76 valence electrons. The van der Waals surface area contributed by atoms with Gasteiger partial charge in [-0.15, -0.1) is 0 Å². The topological polar surface area (TPSA) is 38.7 Å². The molecule has 2 fully saturated rings. The Kier molecular flexibility index (Phi) is 3.16. The summed E-state index contributed by atoms with van der Waals surface area (Å²) in [7, 11) is 0. The second-order valence-corrected chi connectivity index (χ2v) is 3.91. The summed E-state index contributed by atoms with van der Waals surface area (Å²) in [6, 6.07) is 0.788. The average Bonchev–Trinajstić information content (AvgIpc) is 2.06. The van der Waals surface area contributed by atoms with Crippen LogP contribution in [0.15, 0.2) is 0 Å². The standard InChI is InChI=1S/C9H19N3O/c13-6-5-11-1-3-12(4-2-11)9-7-10-8-9/h9-10,13H,1-8H2. The van der Waals surface area contributed by atoms with Crippen LogP contribution < -0.4 is 5.32 Å². The van der Waals surface area contributed by atoms with Gasteiger partial charge in [0.15, 0.2) is 0 Å². The zero-order valence-corrected chi connectivity index (χ0v) is 8.08. The minimum Gasteiger partial charge on any atom is -0.395 e. The van der Waals surface area contributed by atoms with E-state index in [0.29, 0.717) is 6.61 Å². The summed E-state index contributed by atoms with van der Waals surface area (Å²) in [5, 5.41) is 12.1. The second kappa shape index (κ2) is 4.37. The molecule has 0 aromatic heterocycles. The van der Waals surface area contributed by atoms with Gasteiger partial charge < -0.3 is 10.4 Å². The summed E-state index contributed by atoms with van der Waals surface area (Å²) in [4.78, 5) is 4.90. The molecule has 4 heteroatoms. The first-order valence-electron chi connectivity index (χ1n) is 5.18. The predicted octanol–water partition coefficient (Wildman–Crippen LogP) is -1.43. The Morgan fingerprint density at radius 1 is 1.15 bits per heavy atom. The van der Waals surface area contributed by atoms with Crippen LogP contribution in [0.4, 0.5) is 0 Å². The predicted molar refractivity (Wildman–Crippen MR) is 51.8 cm³/mol. The normalized spacial score (nSPS) is 27.5. The van der Waals surface area contributed by atoms with Crippen molar-refractivity contribution in [2.45, 2.75) is 6.04 Å². The largest absolute Gasteiger partial charge is 0.395 e. The molecular weight excluding hydrogens is 166 g/mol. The molecule has 2 rings (SSSR count). The molecule has 0 atom stereocenters. The van der Waals surface area contributed by atoms with Gasteiger partial charge in [0.1, 0.15) is 0 Å². The lowest BCUT2D eigenvalue weighted by Gasteiger charge is -2.43. The van der Waals surface area contributed by atoms with Crippen molar-refractivity contribution in [3.05, 3.63) is 0 Å². The van der Waals surface area contributed by atoms with E-state index in [1.807, 2.05) is 0 Å². The molecule has 2 N–H and O–H groups in total. The van der Waals surface area contributed by atoms with Gasteiger partial charge in [-0.1, -0.05) is 0 Å². The fourth-order valence-corrected chi connectivity index (χ4v) is 2.03. The van der Waals surface area contributed by atoms with Crippen molar-refractivity contribution in [1.82, 2.24) is 15.1 Å². The van der Waals surface area contributed by atoms with Gasteiger partial charge in [0, 0.05) is 51.9 Å². The van der Waals surface area contributed by atoms with Gasteiger partial charge in [0.2, 0.25) is 0 Å². The van der Waals surface area contributed by atoms with Crippen molar-refractivity contribution in [2.24, 2.45) is 0 Å². The number of aliphatic hydroxyl groups excluding tert-OH is 1. The first-order valence-corrected chi connectivity index (χ1v) is 5.18. The Hall–Kier alpha value is -0.160. The van der Waals surface area contributed by atoms with Gasteiger partial charge >= 0.3 is 0 Å². The van der Waals surface area contributed by atoms with Crippen molar-refractivity contribution in [3.8, 4) is 0 Å². The number of β-amino-alcohol motifs (C(OH)–C–C–N with tert-alkyl or cyclic N) is 1. The molecule has 0 spiro atoms. The SMILES string of the molecule is OCCN1CCN(C2CNC2)CC1. The summed E-state index contributed by atoms with van der Waals surface area (Å²) in [5.41, 5.74) is 0. The molecule has 0 bridgehead atoms. The van der Waals surface area contributed by atoms with Crippen molar-refractivity contribution >= 4 is 0 Å². The van der Waals surface area contributed by atoms with Gasteiger partial charge in [-0.2, -0.15) is 0 Å². The average molecular weight is 185 g/mol. The molecule has 0 aromatic carbocycles. The summed E-state index contributed by atoms with van der Waals surface area (Å²) in [6.45, 7) is 8.06. The summed E-state index contributed by atoms with van der Waals surface area (Å²) >= 11 is 0. The molecule has 4 nitrogen and oxygen atoms in total. The Morgan fingerprint density at radius 3 is 2.31 bits per heavy atom. The lowest BCUT2D eigenvalue weighted by molar-refractivity contribution is 0.0644. The summed E-state index contributed by atoms with van der Waals surface area (Å²) in [6.07, 6.45) is 0. The number of nitrogens with one attached hydrogen (secondary N) is 1. The third-order valence-electron chi connectivity index (χ3n) is 3.10. The van der Waals surface area contributed by atoms with E-state index in [2.05, 4.69) is 15.1 Å². The third kappa shape index (κ3) is 2.20. The first-order chi connectivity index (χ1) is 6.40. The highest BCUT2D eigenvalue weighted by molar-refractivity contribution is 4.87. The molecule has 2 aliphatic heterocycles. The van der Waals surface area contributed by atoms with Crippen molar-refractivity contribution in [1.29, 1.82) is 0 Å². The van der Waals surface area contributed by atoms with Gasteiger partial charge in [0.05, 0.1) is 6.61 Å². The highest BCUT2D eigenvalue weighted by Gasteiger charge is 2.27. The van der Waals surface area contributed by atoms with E-state index in [-0.39, 0.29) is 0 Å². The van der Waals surface area contributed by atoms with Crippen LogP contribution in [0, 0.1) is 0 Å². The van der Waals surface area contributed by atoms with E-state index in [9.17, 15) is 0 Å². The van der Waals surface area contributed by atoms with Crippen molar-refractivity contribution in [2.75, 3.05) is 52.4 Å². The maximum atomic E-state index is 8.79. The molecule has 2 saturated heterocycles. The fourth-order valence-electron chi connectivity index (χ4n) is 2.03. The van der Waals surface area contributed by atoms with Crippen LogP contribution in [0.2, 0.25) is 0 Å². The van der Waals surface area contributed by atoms with Crippen LogP contribution in [0.25, 0.3) is 0 Å². The smallest absolute Gasteiger partial charge is 0.0558 e. The highest BCUT2D eigenvalue weighted by atomic mass is 16.3. The minimum absolute atomic E-state index is 0.297. The molecule has 13 heavy (non-hydrogen) atoms. The number of nitrogens with zero attached hydrogens (tertiary/aromatic N) is 2. The lowest BCUT2D eigenvalue weighted by Crippen LogP contribution is -2.61. The van der Waals surface area contributed by atoms with E-state index < -0.39 is 0 Å². The number of piperazine rings is 1. The maximum Gasteiger partial charge on any atom is 0.0558 e. The van der Waals surface area contributed by atoms with Gasteiger partial charge in [-0.05, 0) is 0 Å². The molecule has 0 unspecified atom stereocenters. The third-order valence-corrected chi connectivity index (χ3v) is 3.10.